The van der Waals surface area contributed by atoms with Crippen LogP contribution in [-0.2, 0) is 19.1 Å². The van der Waals surface area contributed by atoms with E-state index in [0.29, 0.717) is 0 Å². The average molecular weight is 190 g/mol. The monoisotopic (exact) mass is 190 g/mol. The van der Waals surface area contributed by atoms with Gasteiger partial charge in [0.25, 0.3) is 0 Å². The molecule has 0 rings (SSSR count). The Labute approximate surface area is 76.6 Å². The van der Waals surface area contributed by atoms with Crippen molar-refractivity contribution in [3.05, 3.63) is 0 Å². The summed E-state index contributed by atoms with van der Waals surface area (Å²) in [6.07, 6.45) is 0. The van der Waals surface area contributed by atoms with Gasteiger partial charge in [-0.15, -0.1) is 0 Å². The molecule has 0 aliphatic carbocycles. The fourth-order valence-corrected chi connectivity index (χ4v) is 0.666. The fourth-order valence-electron chi connectivity index (χ4n) is 0.666. The van der Waals surface area contributed by atoms with Crippen molar-refractivity contribution in [1.29, 1.82) is 0 Å². The molecule has 0 aromatic rings. The summed E-state index contributed by atoms with van der Waals surface area (Å²) >= 11 is 0. The normalized spacial score (nSPS) is 14.7. The third kappa shape index (κ3) is 3.89. The van der Waals surface area contributed by atoms with Gasteiger partial charge >= 0.3 is 11.9 Å². The maximum Gasteiger partial charge on any atom is 0.311 e. The molecule has 1 N–H and O–H groups in total. The highest BCUT2D eigenvalue weighted by atomic mass is 16.7. The predicted octanol–water partition coefficient (Wildman–Crippen LogP) is 0.490. The maximum atomic E-state index is 11.1. The van der Waals surface area contributed by atoms with Gasteiger partial charge < -0.3 is 14.6 Å². The van der Waals surface area contributed by atoms with E-state index in [1.54, 1.807) is 0 Å². The van der Waals surface area contributed by atoms with Crippen molar-refractivity contribution >= 4 is 11.9 Å². The van der Waals surface area contributed by atoms with Crippen LogP contribution < -0.4 is 0 Å². The van der Waals surface area contributed by atoms with Gasteiger partial charge in [0.05, 0.1) is 11.8 Å². The second kappa shape index (κ2) is 5.53. The highest BCUT2D eigenvalue weighted by Crippen LogP contribution is 2.12. The summed E-state index contributed by atoms with van der Waals surface area (Å²) < 4.78 is 9.11. The quantitative estimate of drug-likeness (QED) is 0.504. The minimum Gasteiger partial charge on any atom is -0.481 e. The molecule has 0 heterocycles. The van der Waals surface area contributed by atoms with Gasteiger partial charge in [0.2, 0.25) is 0 Å². The number of carbonyl (C=O) groups is 2. The Morgan fingerprint density at radius 3 is 2.23 bits per heavy atom. The summed E-state index contributed by atoms with van der Waals surface area (Å²) in [5.74, 6) is -2.98. The van der Waals surface area contributed by atoms with Gasteiger partial charge in [0.15, 0.2) is 6.79 Å². The number of carboxylic acids is 1. The highest BCUT2D eigenvalue weighted by Gasteiger charge is 2.26. The van der Waals surface area contributed by atoms with Crippen LogP contribution in [0.25, 0.3) is 0 Å². The van der Waals surface area contributed by atoms with Crippen LogP contribution in [0.15, 0.2) is 0 Å². The molecule has 0 aromatic carbocycles. The maximum absolute atomic E-state index is 11.1. The lowest BCUT2D eigenvalue weighted by Gasteiger charge is -2.14. The molecule has 2 unspecified atom stereocenters. The average Bonchev–Trinajstić information content (AvgIpc) is 2.11. The Hall–Kier alpha value is -1.10. The molecule has 0 saturated heterocycles. The van der Waals surface area contributed by atoms with E-state index in [1.807, 2.05) is 0 Å². The van der Waals surface area contributed by atoms with Gasteiger partial charge in [-0.2, -0.15) is 0 Å². The molecule has 0 spiro atoms. The first-order chi connectivity index (χ1) is 6.00. The van der Waals surface area contributed by atoms with Crippen LogP contribution in [0.1, 0.15) is 13.8 Å². The minimum atomic E-state index is -1.01. The van der Waals surface area contributed by atoms with Crippen molar-refractivity contribution in [2.24, 2.45) is 11.8 Å². The van der Waals surface area contributed by atoms with E-state index >= 15 is 0 Å². The second-order valence-electron chi connectivity index (χ2n) is 2.79. The molecule has 5 nitrogen and oxygen atoms in total. The molecule has 0 aliphatic heterocycles. The number of aliphatic carboxylic acids is 1. The van der Waals surface area contributed by atoms with Gasteiger partial charge in [-0.25, -0.2) is 0 Å². The lowest BCUT2D eigenvalue weighted by molar-refractivity contribution is -0.164. The molecular weight excluding hydrogens is 176 g/mol. The van der Waals surface area contributed by atoms with E-state index in [0.717, 1.165) is 0 Å². The van der Waals surface area contributed by atoms with Gasteiger partial charge in [0.1, 0.15) is 0 Å². The van der Waals surface area contributed by atoms with Gasteiger partial charge in [-0.3, -0.25) is 9.59 Å². The second-order valence-corrected chi connectivity index (χ2v) is 2.79. The topological polar surface area (TPSA) is 72.8 Å². The zero-order chi connectivity index (χ0) is 10.4. The van der Waals surface area contributed by atoms with Crippen molar-refractivity contribution in [3.8, 4) is 0 Å². The number of carbonyl (C=O) groups excluding carboxylic acids is 1. The van der Waals surface area contributed by atoms with Crippen LogP contribution >= 0.6 is 0 Å². The summed E-state index contributed by atoms with van der Waals surface area (Å²) in [6, 6.07) is 0. The van der Waals surface area contributed by atoms with Crippen molar-refractivity contribution in [3.63, 3.8) is 0 Å². The van der Waals surface area contributed by atoms with Crippen LogP contribution in [0.3, 0.4) is 0 Å². The number of hydrogen-bond donors (Lipinski definition) is 1. The molecule has 0 amide bonds. The Morgan fingerprint density at radius 2 is 1.85 bits per heavy atom. The first-order valence-corrected chi connectivity index (χ1v) is 3.89. The molecule has 0 saturated carbocycles. The summed E-state index contributed by atoms with van der Waals surface area (Å²) in [4.78, 5) is 21.6. The number of methoxy groups -OCH3 is 1. The molecule has 0 aliphatic rings. The van der Waals surface area contributed by atoms with Gasteiger partial charge in [0, 0.05) is 7.11 Å². The fraction of sp³-hybridized carbons (Fsp3) is 0.750. The molecule has 2 atom stereocenters. The lowest BCUT2D eigenvalue weighted by atomic mass is 9.97. The van der Waals surface area contributed by atoms with Crippen LogP contribution in [0.5, 0.6) is 0 Å². The molecule has 0 fully saturated rings. The van der Waals surface area contributed by atoms with Crippen molar-refractivity contribution < 1.29 is 24.2 Å². The minimum absolute atomic E-state index is 0.143. The van der Waals surface area contributed by atoms with E-state index in [4.69, 9.17) is 5.11 Å². The Bertz CT molecular complexity index is 189. The number of rotatable bonds is 5. The molecule has 0 aromatic heterocycles. The van der Waals surface area contributed by atoms with Crippen LogP contribution in [0, 0.1) is 11.8 Å². The summed E-state index contributed by atoms with van der Waals surface area (Å²) in [5, 5.41) is 8.59. The van der Waals surface area contributed by atoms with E-state index in [-0.39, 0.29) is 6.79 Å². The van der Waals surface area contributed by atoms with Crippen LogP contribution in [0.2, 0.25) is 0 Å². The molecule has 76 valence electrons. The summed E-state index contributed by atoms with van der Waals surface area (Å²) in [6.45, 7) is 2.83. The van der Waals surface area contributed by atoms with Crippen LogP contribution in [0.4, 0.5) is 0 Å². The predicted molar refractivity (Wildman–Crippen MR) is 43.9 cm³/mol. The van der Waals surface area contributed by atoms with Crippen LogP contribution in [-0.4, -0.2) is 30.9 Å². The van der Waals surface area contributed by atoms with E-state index in [9.17, 15) is 9.59 Å². The van der Waals surface area contributed by atoms with Crippen molar-refractivity contribution in [2.45, 2.75) is 13.8 Å². The lowest BCUT2D eigenvalue weighted by Crippen LogP contribution is -2.27. The highest BCUT2D eigenvalue weighted by molar-refractivity contribution is 5.80. The SMILES string of the molecule is COCOC(=O)C(C)C(C)C(=O)O. The molecule has 0 radical (unpaired) electrons. The first-order valence-electron chi connectivity index (χ1n) is 3.89. The first kappa shape index (κ1) is 11.9. The van der Waals surface area contributed by atoms with Crippen molar-refractivity contribution in [1.82, 2.24) is 0 Å². The van der Waals surface area contributed by atoms with E-state index in [1.165, 1.54) is 21.0 Å². The third-order valence-electron chi connectivity index (χ3n) is 1.83. The zero-order valence-corrected chi connectivity index (χ0v) is 7.94. The number of esters is 1. The van der Waals surface area contributed by atoms with E-state index in [2.05, 4.69) is 9.47 Å². The Kier molecular flexibility index (Phi) is 5.06. The Balaban J connectivity index is 4.01. The smallest absolute Gasteiger partial charge is 0.311 e. The van der Waals surface area contributed by atoms with Crippen molar-refractivity contribution in [2.75, 3.05) is 13.9 Å². The third-order valence-corrected chi connectivity index (χ3v) is 1.83. The summed E-state index contributed by atoms with van der Waals surface area (Å²) in [5.41, 5.74) is 0. The van der Waals surface area contributed by atoms with Gasteiger partial charge in [-0.05, 0) is 0 Å². The zero-order valence-electron chi connectivity index (χ0n) is 7.94. The number of carboxylic acid groups (broad SMARTS) is 1. The Morgan fingerprint density at radius 1 is 1.31 bits per heavy atom. The summed E-state index contributed by atoms with van der Waals surface area (Å²) in [7, 11) is 1.39. The van der Waals surface area contributed by atoms with E-state index < -0.39 is 23.8 Å². The number of hydrogen-bond acceptors (Lipinski definition) is 4. The molecule has 5 heteroatoms. The van der Waals surface area contributed by atoms with Gasteiger partial charge in [-0.1, -0.05) is 13.8 Å². The largest absolute Gasteiger partial charge is 0.481 e. The molecule has 0 bridgehead atoms. The molecule has 13 heavy (non-hydrogen) atoms. The standard InChI is InChI=1S/C8H14O5/c1-5(7(9)10)6(2)8(11)13-4-12-3/h5-6H,4H2,1-3H3,(H,9,10). The molecular formula is C8H14O5. The number of ether oxygens (including phenoxy) is 2.